The third kappa shape index (κ3) is 4.89. The van der Waals surface area contributed by atoms with Crippen molar-refractivity contribution in [3.8, 4) is 0 Å². The molecule has 0 saturated carbocycles. The number of methoxy groups -OCH3 is 1. The molecule has 32 heavy (non-hydrogen) atoms. The summed E-state index contributed by atoms with van der Waals surface area (Å²) in [5, 5.41) is 12.6. The molecule has 2 heterocycles. The monoisotopic (exact) mass is 439 g/mol. The predicted octanol–water partition coefficient (Wildman–Crippen LogP) is 2.44. The average molecular weight is 440 g/mol. The van der Waals surface area contributed by atoms with Gasteiger partial charge in [-0.2, -0.15) is 0 Å². The molecule has 9 heteroatoms. The van der Waals surface area contributed by atoms with Gasteiger partial charge in [0.15, 0.2) is 5.82 Å². The molecule has 0 spiro atoms. The summed E-state index contributed by atoms with van der Waals surface area (Å²) in [4.78, 5) is 6.79. The number of hydrogen-bond acceptors (Lipinski definition) is 7. The molecular weight excluding hydrogens is 409 g/mol. The standard InChI is InChI=1S/C23H30FN7O/c1-28(2)20-8-4-18(5-9-20)22(23-25-26-27-31(23)16-17-32-3)30-14-12-29(13-15-30)21-10-6-19(24)7-11-21/h4-11,22H,12-17H2,1-3H3/t22-/m1/s1. The van der Waals surface area contributed by atoms with Crippen LogP contribution in [0.1, 0.15) is 17.4 Å². The van der Waals surface area contributed by atoms with Crippen LogP contribution in [0.25, 0.3) is 0 Å². The molecule has 170 valence electrons. The quantitative estimate of drug-likeness (QED) is 0.534. The van der Waals surface area contributed by atoms with E-state index in [2.05, 4.69) is 54.5 Å². The molecule has 2 aromatic carbocycles. The maximum Gasteiger partial charge on any atom is 0.173 e. The molecule has 1 aliphatic rings. The van der Waals surface area contributed by atoms with Gasteiger partial charge in [0.25, 0.3) is 0 Å². The number of aromatic nitrogens is 4. The summed E-state index contributed by atoms with van der Waals surface area (Å²) in [7, 11) is 5.75. The van der Waals surface area contributed by atoms with Crippen molar-refractivity contribution in [3.63, 3.8) is 0 Å². The zero-order chi connectivity index (χ0) is 22.5. The van der Waals surface area contributed by atoms with Crippen molar-refractivity contribution < 1.29 is 9.13 Å². The molecule has 1 saturated heterocycles. The van der Waals surface area contributed by atoms with Gasteiger partial charge in [0.05, 0.1) is 19.2 Å². The number of anilines is 2. The van der Waals surface area contributed by atoms with Gasteiger partial charge in [-0.1, -0.05) is 12.1 Å². The van der Waals surface area contributed by atoms with E-state index in [4.69, 9.17) is 4.74 Å². The molecule has 0 radical (unpaired) electrons. The molecule has 0 aliphatic carbocycles. The van der Waals surface area contributed by atoms with Gasteiger partial charge in [0.1, 0.15) is 5.82 Å². The molecular formula is C23H30FN7O. The maximum absolute atomic E-state index is 13.3. The lowest BCUT2D eigenvalue weighted by Crippen LogP contribution is -2.48. The number of piperazine rings is 1. The topological polar surface area (TPSA) is 62.6 Å². The molecule has 0 N–H and O–H groups in total. The molecule has 0 unspecified atom stereocenters. The minimum atomic E-state index is -0.212. The molecule has 1 atom stereocenters. The fourth-order valence-corrected chi connectivity index (χ4v) is 4.11. The lowest BCUT2D eigenvalue weighted by atomic mass is 10.0. The molecule has 1 fully saturated rings. The Morgan fingerprint density at radius 1 is 1.00 bits per heavy atom. The number of ether oxygens (including phenoxy) is 1. The summed E-state index contributed by atoms with van der Waals surface area (Å²) in [5.74, 6) is 0.603. The van der Waals surface area contributed by atoms with Gasteiger partial charge >= 0.3 is 0 Å². The van der Waals surface area contributed by atoms with E-state index in [1.54, 1.807) is 7.11 Å². The lowest BCUT2D eigenvalue weighted by molar-refractivity contribution is 0.172. The van der Waals surface area contributed by atoms with Gasteiger partial charge in [-0.05, 0) is 52.4 Å². The molecule has 3 aromatic rings. The first-order valence-electron chi connectivity index (χ1n) is 10.8. The zero-order valence-electron chi connectivity index (χ0n) is 18.9. The second-order valence-corrected chi connectivity index (χ2v) is 8.14. The number of benzene rings is 2. The highest BCUT2D eigenvalue weighted by molar-refractivity contribution is 5.48. The third-order valence-electron chi connectivity index (χ3n) is 5.91. The Kier molecular flexibility index (Phi) is 6.96. The van der Waals surface area contributed by atoms with Crippen molar-refractivity contribution in [2.24, 2.45) is 0 Å². The highest BCUT2D eigenvalue weighted by atomic mass is 19.1. The van der Waals surface area contributed by atoms with Crippen LogP contribution in [0.3, 0.4) is 0 Å². The third-order valence-corrected chi connectivity index (χ3v) is 5.91. The van der Waals surface area contributed by atoms with Crippen LogP contribution in [-0.4, -0.2) is 79.1 Å². The summed E-state index contributed by atoms with van der Waals surface area (Å²) in [5.41, 5.74) is 3.34. The van der Waals surface area contributed by atoms with Crippen LogP contribution < -0.4 is 9.80 Å². The zero-order valence-corrected chi connectivity index (χ0v) is 18.9. The number of nitrogens with zero attached hydrogens (tertiary/aromatic N) is 7. The average Bonchev–Trinajstić information content (AvgIpc) is 3.27. The van der Waals surface area contributed by atoms with Gasteiger partial charge in [-0.3, -0.25) is 4.90 Å². The summed E-state index contributed by atoms with van der Waals surface area (Å²) < 4.78 is 20.4. The molecule has 0 amide bonds. The van der Waals surface area contributed by atoms with Crippen molar-refractivity contribution in [1.29, 1.82) is 0 Å². The van der Waals surface area contributed by atoms with Crippen LogP contribution in [0, 0.1) is 5.82 Å². The van der Waals surface area contributed by atoms with Crippen LogP contribution in [-0.2, 0) is 11.3 Å². The lowest BCUT2D eigenvalue weighted by Gasteiger charge is -2.40. The number of rotatable bonds is 8. The van der Waals surface area contributed by atoms with Crippen molar-refractivity contribution >= 4 is 11.4 Å². The summed E-state index contributed by atoms with van der Waals surface area (Å²) in [6.07, 6.45) is 0. The van der Waals surface area contributed by atoms with Crippen molar-refractivity contribution in [3.05, 3.63) is 65.7 Å². The highest BCUT2D eigenvalue weighted by Crippen LogP contribution is 2.30. The predicted molar refractivity (Wildman–Crippen MR) is 122 cm³/mol. The van der Waals surface area contributed by atoms with Gasteiger partial charge in [-0.25, -0.2) is 9.07 Å². The van der Waals surface area contributed by atoms with Crippen LogP contribution >= 0.6 is 0 Å². The first kappa shape index (κ1) is 22.2. The summed E-state index contributed by atoms with van der Waals surface area (Å²) in [6, 6.07) is 15.2. The second kappa shape index (κ2) is 10.1. The van der Waals surface area contributed by atoms with Gasteiger partial charge in [0.2, 0.25) is 0 Å². The Labute approximate surface area is 188 Å². The first-order valence-corrected chi connectivity index (χ1v) is 10.8. The largest absolute Gasteiger partial charge is 0.383 e. The Balaban J connectivity index is 1.58. The molecule has 1 aliphatic heterocycles. The van der Waals surface area contributed by atoms with E-state index in [1.165, 1.54) is 12.1 Å². The van der Waals surface area contributed by atoms with Gasteiger partial charge in [-0.15, -0.1) is 5.10 Å². The summed E-state index contributed by atoms with van der Waals surface area (Å²) in [6.45, 7) is 4.52. The SMILES string of the molecule is COCCn1nnnc1[C@@H](c1ccc(N(C)C)cc1)N1CCN(c2ccc(F)cc2)CC1. The maximum atomic E-state index is 13.3. The van der Waals surface area contributed by atoms with E-state index in [1.807, 2.05) is 30.9 Å². The van der Waals surface area contributed by atoms with Crippen molar-refractivity contribution in [2.45, 2.75) is 12.6 Å². The Morgan fingerprint density at radius 2 is 1.69 bits per heavy atom. The normalized spacial score (nSPS) is 15.7. The van der Waals surface area contributed by atoms with Crippen molar-refractivity contribution in [1.82, 2.24) is 25.1 Å². The van der Waals surface area contributed by atoms with Crippen LogP contribution in [0.15, 0.2) is 48.5 Å². The fourth-order valence-electron chi connectivity index (χ4n) is 4.11. The van der Waals surface area contributed by atoms with E-state index in [0.29, 0.717) is 13.2 Å². The summed E-state index contributed by atoms with van der Waals surface area (Å²) >= 11 is 0. The molecule has 8 nitrogen and oxygen atoms in total. The smallest absolute Gasteiger partial charge is 0.173 e. The molecule has 0 bridgehead atoms. The molecule has 1 aromatic heterocycles. The van der Waals surface area contributed by atoms with Gasteiger partial charge in [0, 0.05) is 58.8 Å². The minimum Gasteiger partial charge on any atom is -0.383 e. The number of tetrazole rings is 1. The Hall–Kier alpha value is -3.04. The fraction of sp³-hybridized carbons (Fsp3) is 0.435. The first-order chi connectivity index (χ1) is 15.6. The van der Waals surface area contributed by atoms with E-state index in [9.17, 15) is 4.39 Å². The Morgan fingerprint density at radius 3 is 2.31 bits per heavy atom. The minimum absolute atomic E-state index is 0.0616. The van der Waals surface area contributed by atoms with Crippen LogP contribution in [0.4, 0.5) is 15.8 Å². The van der Waals surface area contributed by atoms with E-state index >= 15 is 0 Å². The van der Waals surface area contributed by atoms with E-state index in [-0.39, 0.29) is 11.9 Å². The van der Waals surface area contributed by atoms with E-state index in [0.717, 1.165) is 48.9 Å². The van der Waals surface area contributed by atoms with Crippen LogP contribution in [0.5, 0.6) is 0 Å². The number of hydrogen-bond donors (Lipinski definition) is 0. The molecule has 4 rings (SSSR count). The van der Waals surface area contributed by atoms with Gasteiger partial charge < -0.3 is 14.5 Å². The van der Waals surface area contributed by atoms with E-state index < -0.39 is 0 Å². The second-order valence-electron chi connectivity index (χ2n) is 8.14. The Bertz CT molecular complexity index is 982. The highest BCUT2D eigenvalue weighted by Gasteiger charge is 2.30. The van der Waals surface area contributed by atoms with Crippen LogP contribution in [0.2, 0.25) is 0 Å². The number of halogens is 1. The van der Waals surface area contributed by atoms with Crippen molar-refractivity contribution in [2.75, 3.05) is 63.8 Å².